The third-order valence-corrected chi connectivity index (χ3v) is 8.88. The summed E-state index contributed by atoms with van der Waals surface area (Å²) in [6, 6.07) is 7.53. The molecule has 2 aliphatic heterocycles. The topological polar surface area (TPSA) is 124 Å². The van der Waals surface area contributed by atoms with Crippen LogP contribution in [0.2, 0.25) is 4.34 Å². The highest BCUT2D eigenvalue weighted by Gasteiger charge is 2.40. The molecule has 1 N–H and O–H groups in total. The van der Waals surface area contributed by atoms with Gasteiger partial charge in [-0.1, -0.05) is 22.8 Å². The molecule has 5 rings (SSSR count). The van der Waals surface area contributed by atoms with Gasteiger partial charge in [-0.2, -0.15) is 4.31 Å². The predicted octanol–water partition coefficient (Wildman–Crippen LogP) is 2.94. The molecule has 1 amide bonds. The van der Waals surface area contributed by atoms with E-state index in [4.69, 9.17) is 25.5 Å². The van der Waals surface area contributed by atoms with Crippen LogP contribution < -0.4 is 14.8 Å². The number of halogens is 1. The number of hydrogen-bond acceptors (Lipinski definition) is 9. The van der Waals surface area contributed by atoms with Gasteiger partial charge in [0.2, 0.25) is 11.8 Å². The first-order valence-corrected chi connectivity index (χ1v) is 12.8. The molecule has 174 valence electrons. The molecule has 1 fully saturated rings. The van der Waals surface area contributed by atoms with Crippen LogP contribution in [0.15, 0.2) is 39.0 Å². The Kier molecular flexibility index (Phi) is 5.99. The first kappa shape index (κ1) is 22.1. The molecular weight excluding hydrogens is 492 g/mol. The van der Waals surface area contributed by atoms with Gasteiger partial charge in [0.15, 0.2) is 11.5 Å². The standard InChI is InChI=1S/C20H19ClN4O6S2/c21-16-5-6-18(32-16)33(27,28)25-7-1-2-13(25)19(26)22-20-24-23-17(31-20)11-12-3-4-14-15(10-12)30-9-8-29-14/h3-6,10,13H,1-2,7-9,11H2,(H,22,24,26). The lowest BCUT2D eigenvalue weighted by atomic mass is 10.1. The van der Waals surface area contributed by atoms with E-state index in [1.165, 1.54) is 16.4 Å². The molecule has 0 spiro atoms. The van der Waals surface area contributed by atoms with Crippen molar-refractivity contribution in [1.82, 2.24) is 14.5 Å². The summed E-state index contributed by atoms with van der Waals surface area (Å²) in [7, 11) is -3.83. The maximum absolute atomic E-state index is 13.0. The molecule has 1 unspecified atom stereocenters. The van der Waals surface area contributed by atoms with Crippen LogP contribution in [0.25, 0.3) is 0 Å². The van der Waals surface area contributed by atoms with Gasteiger partial charge in [0.25, 0.3) is 10.0 Å². The number of carbonyl (C=O) groups is 1. The smallest absolute Gasteiger partial charge is 0.322 e. The van der Waals surface area contributed by atoms with Crippen LogP contribution in [-0.2, 0) is 21.2 Å². The number of hydrogen-bond donors (Lipinski definition) is 1. The molecule has 2 aromatic heterocycles. The van der Waals surface area contributed by atoms with Crippen molar-refractivity contribution in [2.75, 3.05) is 25.1 Å². The summed E-state index contributed by atoms with van der Waals surface area (Å²) >= 11 is 6.85. The number of fused-ring (bicyclic) bond motifs is 1. The largest absolute Gasteiger partial charge is 0.486 e. The number of aromatic nitrogens is 2. The summed E-state index contributed by atoms with van der Waals surface area (Å²) < 4.78 is 44.2. The summed E-state index contributed by atoms with van der Waals surface area (Å²) in [5.41, 5.74) is 0.878. The fourth-order valence-corrected chi connectivity index (χ4v) is 7.05. The molecule has 2 aliphatic rings. The molecule has 4 heterocycles. The molecule has 1 atom stereocenters. The van der Waals surface area contributed by atoms with Gasteiger partial charge >= 0.3 is 6.01 Å². The Balaban J connectivity index is 1.26. The van der Waals surface area contributed by atoms with E-state index in [0.29, 0.717) is 54.2 Å². The number of rotatable bonds is 6. The number of sulfonamides is 1. The van der Waals surface area contributed by atoms with E-state index >= 15 is 0 Å². The average Bonchev–Trinajstić information content (AvgIpc) is 3.55. The van der Waals surface area contributed by atoms with E-state index in [1.54, 1.807) is 0 Å². The highest BCUT2D eigenvalue weighted by Crippen LogP contribution is 2.33. The van der Waals surface area contributed by atoms with E-state index < -0.39 is 22.0 Å². The molecule has 3 aromatic rings. The van der Waals surface area contributed by atoms with Gasteiger partial charge in [0, 0.05) is 6.54 Å². The van der Waals surface area contributed by atoms with Crippen LogP contribution in [0, 0.1) is 0 Å². The first-order chi connectivity index (χ1) is 15.9. The fraction of sp³-hybridized carbons (Fsp3) is 0.350. The van der Waals surface area contributed by atoms with E-state index in [-0.39, 0.29) is 16.8 Å². The van der Waals surface area contributed by atoms with Crippen molar-refractivity contribution < 1.29 is 27.1 Å². The molecular formula is C20H19ClN4O6S2. The van der Waals surface area contributed by atoms with Crippen molar-refractivity contribution in [3.63, 3.8) is 0 Å². The molecule has 0 aliphatic carbocycles. The van der Waals surface area contributed by atoms with Gasteiger partial charge in [-0.05, 0) is 42.7 Å². The number of carbonyl (C=O) groups excluding carboxylic acids is 1. The van der Waals surface area contributed by atoms with Gasteiger partial charge in [-0.15, -0.1) is 16.4 Å². The molecule has 0 saturated carbocycles. The van der Waals surface area contributed by atoms with Gasteiger partial charge in [-0.25, -0.2) is 8.42 Å². The minimum atomic E-state index is -3.83. The third-order valence-electron chi connectivity index (χ3n) is 5.28. The van der Waals surface area contributed by atoms with E-state index in [0.717, 1.165) is 16.9 Å². The highest BCUT2D eigenvalue weighted by atomic mass is 35.5. The summed E-state index contributed by atoms with van der Waals surface area (Å²) in [6.07, 6.45) is 1.29. The van der Waals surface area contributed by atoms with Crippen molar-refractivity contribution in [2.45, 2.75) is 29.5 Å². The van der Waals surface area contributed by atoms with Crippen LogP contribution in [0.1, 0.15) is 24.3 Å². The maximum Gasteiger partial charge on any atom is 0.322 e. The Bertz CT molecular complexity index is 1290. The van der Waals surface area contributed by atoms with Gasteiger partial charge in [0.05, 0.1) is 10.8 Å². The Morgan fingerprint density at radius 3 is 2.79 bits per heavy atom. The summed E-state index contributed by atoms with van der Waals surface area (Å²) in [4.78, 5) is 12.8. The molecule has 10 nitrogen and oxygen atoms in total. The minimum absolute atomic E-state index is 0.0871. The first-order valence-electron chi connectivity index (χ1n) is 10.2. The number of thiophene rings is 1. The predicted molar refractivity (Wildman–Crippen MR) is 119 cm³/mol. The number of nitrogens with zero attached hydrogens (tertiary/aromatic N) is 3. The number of anilines is 1. The second-order valence-electron chi connectivity index (χ2n) is 7.48. The quantitative estimate of drug-likeness (QED) is 0.536. The Labute approximate surface area is 198 Å². The molecule has 33 heavy (non-hydrogen) atoms. The maximum atomic E-state index is 13.0. The summed E-state index contributed by atoms with van der Waals surface area (Å²) in [6.45, 7) is 1.25. The van der Waals surface area contributed by atoms with Crippen LogP contribution >= 0.6 is 22.9 Å². The number of ether oxygens (including phenoxy) is 2. The lowest BCUT2D eigenvalue weighted by Gasteiger charge is -2.21. The summed E-state index contributed by atoms with van der Waals surface area (Å²) in [5.74, 6) is 1.12. The zero-order chi connectivity index (χ0) is 23.0. The molecule has 1 aromatic carbocycles. The second kappa shape index (κ2) is 8.93. The van der Waals surface area contributed by atoms with Crippen molar-refractivity contribution in [1.29, 1.82) is 0 Å². The zero-order valence-electron chi connectivity index (χ0n) is 17.2. The number of amides is 1. The van der Waals surface area contributed by atoms with Crippen molar-refractivity contribution in [3.8, 4) is 11.5 Å². The van der Waals surface area contributed by atoms with Crippen molar-refractivity contribution in [3.05, 3.63) is 46.1 Å². The number of nitrogens with one attached hydrogen (secondary N) is 1. The Morgan fingerprint density at radius 2 is 2.00 bits per heavy atom. The monoisotopic (exact) mass is 510 g/mol. The molecule has 0 radical (unpaired) electrons. The van der Waals surface area contributed by atoms with Crippen molar-refractivity contribution in [2.24, 2.45) is 0 Å². The van der Waals surface area contributed by atoms with Crippen LogP contribution in [0.5, 0.6) is 11.5 Å². The average molecular weight is 511 g/mol. The van der Waals surface area contributed by atoms with Crippen LogP contribution in [0.3, 0.4) is 0 Å². The van der Waals surface area contributed by atoms with E-state index in [1.807, 2.05) is 18.2 Å². The normalized spacial score (nSPS) is 18.4. The lowest BCUT2D eigenvalue weighted by molar-refractivity contribution is -0.119. The molecule has 1 saturated heterocycles. The zero-order valence-corrected chi connectivity index (χ0v) is 19.6. The molecule has 0 bridgehead atoms. The van der Waals surface area contributed by atoms with E-state index in [9.17, 15) is 13.2 Å². The van der Waals surface area contributed by atoms with Crippen molar-refractivity contribution >= 4 is 44.9 Å². The fourth-order valence-electron chi connectivity index (χ4n) is 3.78. The highest BCUT2D eigenvalue weighted by molar-refractivity contribution is 7.91. The Hall–Kier alpha value is -2.67. The van der Waals surface area contributed by atoms with Crippen LogP contribution in [-0.4, -0.2) is 54.6 Å². The van der Waals surface area contributed by atoms with E-state index in [2.05, 4.69) is 15.5 Å². The molecule has 13 heteroatoms. The van der Waals surface area contributed by atoms with Gasteiger partial charge in [-0.3, -0.25) is 10.1 Å². The second-order valence-corrected chi connectivity index (χ2v) is 11.3. The Morgan fingerprint density at radius 1 is 1.18 bits per heavy atom. The SMILES string of the molecule is O=C(Nc1nnc(Cc2ccc3c(c2)OCCO3)o1)C1CCCN1S(=O)(=O)c1ccc(Cl)s1. The van der Waals surface area contributed by atoms with Gasteiger partial charge in [0.1, 0.15) is 23.5 Å². The number of benzene rings is 1. The summed E-state index contributed by atoms with van der Waals surface area (Å²) in [5, 5.41) is 10.4. The van der Waals surface area contributed by atoms with Gasteiger partial charge < -0.3 is 13.9 Å². The minimum Gasteiger partial charge on any atom is -0.486 e. The lowest BCUT2D eigenvalue weighted by Crippen LogP contribution is -2.42. The third kappa shape index (κ3) is 4.56. The van der Waals surface area contributed by atoms with Crippen LogP contribution in [0.4, 0.5) is 6.01 Å².